The first-order chi connectivity index (χ1) is 11.3. The van der Waals surface area contributed by atoms with E-state index >= 15 is 0 Å². The zero-order valence-electron chi connectivity index (χ0n) is 13.0. The number of anilines is 1. The number of nitrogens with zero attached hydrogens (tertiary/aromatic N) is 1. The Hall–Kier alpha value is -2.88. The SMILES string of the molecule is CCC(C(=O)Nc1ccc(-c2ccn[nH]2)cc1)c1ccccc1. The maximum absolute atomic E-state index is 12.5. The molecule has 0 radical (unpaired) electrons. The second-order valence-electron chi connectivity index (χ2n) is 5.41. The molecular weight excluding hydrogens is 286 g/mol. The number of carbonyl (C=O) groups is 1. The quantitative estimate of drug-likeness (QED) is 0.742. The predicted octanol–water partition coefficient (Wildman–Crippen LogP) is 4.21. The van der Waals surface area contributed by atoms with Crippen molar-refractivity contribution in [2.24, 2.45) is 0 Å². The second kappa shape index (κ2) is 6.92. The monoisotopic (exact) mass is 305 g/mol. The Morgan fingerprint density at radius 2 is 1.83 bits per heavy atom. The number of carbonyl (C=O) groups excluding carboxylic acids is 1. The fourth-order valence-corrected chi connectivity index (χ4v) is 2.64. The minimum Gasteiger partial charge on any atom is -0.326 e. The maximum Gasteiger partial charge on any atom is 0.231 e. The van der Waals surface area contributed by atoms with Gasteiger partial charge in [-0.3, -0.25) is 9.89 Å². The average molecular weight is 305 g/mol. The van der Waals surface area contributed by atoms with Crippen LogP contribution in [0.4, 0.5) is 5.69 Å². The minimum atomic E-state index is -0.136. The number of benzene rings is 2. The van der Waals surface area contributed by atoms with Gasteiger partial charge in [-0.05, 0) is 35.7 Å². The summed E-state index contributed by atoms with van der Waals surface area (Å²) < 4.78 is 0. The number of hydrogen-bond donors (Lipinski definition) is 2. The molecule has 1 amide bonds. The highest BCUT2D eigenvalue weighted by molar-refractivity contribution is 5.96. The zero-order valence-corrected chi connectivity index (χ0v) is 13.0. The van der Waals surface area contributed by atoms with Gasteiger partial charge in [-0.1, -0.05) is 49.4 Å². The molecule has 1 heterocycles. The van der Waals surface area contributed by atoms with E-state index in [1.807, 2.05) is 67.6 Å². The van der Waals surface area contributed by atoms with Crippen LogP contribution in [0.5, 0.6) is 0 Å². The maximum atomic E-state index is 12.5. The largest absolute Gasteiger partial charge is 0.326 e. The van der Waals surface area contributed by atoms with Crippen molar-refractivity contribution in [1.82, 2.24) is 10.2 Å². The van der Waals surface area contributed by atoms with Gasteiger partial charge >= 0.3 is 0 Å². The summed E-state index contributed by atoms with van der Waals surface area (Å²) in [7, 11) is 0. The van der Waals surface area contributed by atoms with Gasteiger partial charge in [0, 0.05) is 11.9 Å². The first kappa shape index (κ1) is 15.0. The van der Waals surface area contributed by atoms with Crippen LogP contribution in [0.3, 0.4) is 0 Å². The first-order valence-electron chi connectivity index (χ1n) is 7.73. The van der Waals surface area contributed by atoms with E-state index in [9.17, 15) is 4.79 Å². The van der Waals surface area contributed by atoms with E-state index in [0.717, 1.165) is 28.9 Å². The van der Waals surface area contributed by atoms with E-state index in [4.69, 9.17) is 0 Å². The van der Waals surface area contributed by atoms with Crippen molar-refractivity contribution in [3.63, 3.8) is 0 Å². The summed E-state index contributed by atoms with van der Waals surface area (Å²) in [6.45, 7) is 2.03. The summed E-state index contributed by atoms with van der Waals surface area (Å²) in [5.41, 5.74) is 3.84. The lowest BCUT2D eigenvalue weighted by atomic mass is 9.95. The van der Waals surface area contributed by atoms with Gasteiger partial charge in [0.2, 0.25) is 5.91 Å². The Bertz CT molecular complexity index is 749. The van der Waals surface area contributed by atoms with Crippen molar-refractivity contribution in [3.8, 4) is 11.3 Å². The third-order valence-electron chi connectivity index (χ3n) is 3.89. The van der Waals surface area contributed by atoms with Crippen LogP contribution in [-0.4, -0.2) is 16.1 Å². The fourth-order valence-electron chi connectivity index (χ4n) is 2.64. The molecule has 2 N–H and O–H groups in total. The van der Waals surface area contributed by atoms with Crippen molar-refractivity contribution >= 4 is 11.6 Å². The van der Waals surface area contributed by atoms with Crippen LogP contribution >= 0.6 is 0 Å². The van der Waals surface area contributed by atoms with Crippen LogP contribution in [0.25, 0.3) is 11.3 Å². The normalized spacial score (nSPS) is 11.9. The molecule has 2 aromatic carbocycles. The van der Waals surface area contributed by atoms with Crippen molar-refractivity contribution in [1.29, 1.82) is 0 Å². The molecule has 0 aliphatic carbocycles. The van der Waals surface area contributed by atoms with Crippen LogP contribution < -0.4 is 5.32 Å². The molecule has 116 valence electrons. The molecule has 0 aliphatic rings. The lowest BCUT2D eigenvalue weighted by Crippen LogP contribution is -2.20. The lowest BCUT2D eigenvalue weighted by molar-refractivity contribution is -0.117. The van der Waals surface area contributed by atoms with Crippen LogP contribution in [0, 0.1) is 0 Å². The van der Waals surface area contributed by atoms with Crippen molar-refractivity contribution < 1.29 is 4.79 Å². The van der Waals surface area contributed by atoms with Crippen molar-refractivity contribution in [3.05, 3.63) is 72.4 Å². The molecule has 1 atom stereocenters. The fraction of sp³-hybridized carbons (Fsp3) is 0.158. The van der Waals surface area contributed by atoms with Crippen LogP contribution in [0.1, 0.15) is 24.8 Å². The van der Waals surface area contributed by atoms with Gasteiger partial charge in [0.15, 0.2) is 0 Å². The van der Waals surface area contributed by atoms with Gasteiger partial charge in [-0.15, -0.1) is 0 Å². The highest BCUT2D eigenvalue weighted by atomic mass is 16.1. The summed E-state index contributed by atoms with van der Waals surface area (Å²) >= 11 is 0. The Kier molecular flexibility index (Phi) is 4.52. The summed E-state index contributed by atoms with van der Waals surface area (Å²) in [5, 5.41) is 9.87. The Labute approximate surface area is 135 Å². The van der Waals surface area contributed by atoms with E-state index in [1.165, 1.54) is 0 Å². The summed E-state index contributed by atoms with van der Waals surface area (Å²) in [6, 6.07) is 19.5. The zero-order chi connectivity index (χ0) is 16.1. The highest BCUT2D eigenvalue weighted by Crippen LogP contribution is 2.23. The van der Waals surface area contributed by atoms with E-state index in [0.29, 0.717) is 0 Å². The number of hydrogen-bond acceptors (Lipinski definition) is 2. The predicted molar refractivity (Wildman–Crippen MR) is 92.1 cm³/mol. The third-order valence-corrected chi connectivity index (χ3v) is 3.89. The Morgan fingerprint density at radius 3 is 2.43 bits per heavy atom. The molecule has 0 aliphatic heterocycles. The molecule has 4 nitrogen and oxygen atoms in total. The molecule has 0 fully saturated rings. The molecule has 3 rings (SSSR count). The van der Waals surface area contributed by atoms with Gasteiger partial charge in [0.05, 0.1) is 11.6 Å². The van der Waals surface area contributed by atoms with Gasteiger partial charge < -0.3 is 5.32 Å². The van der Waals surface area contributed by atoms with Crippen LogP contribution in [0.2, 0.25) is 0 Å². The van der Waals surface area contributed by atoms with Gasteiger partial charge in [0.1, 0.15) is 0 Å². The third kappa shape index (κ3) is 3.48. The smallest absolute Gasteiger partial charge is 0.231 e. The molecule has 4 heteroatoms. The molecule has 23 heavy (non-hydrogen) atoms. The van der Waals surface area contributed by atoms with E-state index in [2.05, 4.69) is 15.5 Å². The number of aromatic nitrogens is 2. The second-order valence-corrected chi connectivity index (χ2v) is 5.41. The summed E-state index contributed by atoms with van der Waals surface area (Å²) in [6.07, 6.45) is 2.48. The van der Waals surface area contributed by atoms with Crippen molar-refractivity contribution in [2.45, 2.75) is 19.3 Å². The van der Waals surface area contributed by atoms with Gasteiger partial charge in [-0.25, -0.2) is 0 Å². The molecule has 0 saturated carbocycles. The molecule has 0 saturated heterocycles. The number of amides is 1. The average Bonchev–Trinajstić information content (AvgIpc) is 3.12. The lowest BCUT2D eigenvalue weighted by Gasteiger charge is -2.15. The summed E-state index contributed by atoms with van der Waals surface area (Å²) in [5.74, 6) is -0.114. The van der Waals surface area contributed by atoms with E-state index in [-0.39, 0.29) is 11.8 Å². The van der Waals surface area contributed by atoms with Gasteiger partial charge in [0.25, 0.3) is 0 Å². The summed E-state index contributed by atoms with van der Waals surface area (Å²) in [4.78, 5) is 12.5. The van der Waals surface area contributed by atoms with E-state index in [1.54, 1.807) is 6.20 Å². The molecule has 1 unspecified atom stereocenters. The van der Waals surface area contributed by atoms with E-state index < -0.39 is 0 Å². The van der Waals surface area contributed by atoms with Crippen molar-refractivity contribution in [2.75, 3.05) is 5.32 Å². The van der Waals surface area contributed by atoms with Crippen LogP contribution in [-0.2, 0) is 4.79 Å². The highest BCUT2D eigenvalue weighted by Gasteiger charge is 2.18. The molecule has 3 aromatic rings. The number of aromatic amines is 1. The minimum absolute atomic E-state index is 0.0213. The Balaban J connectivity index is 1.72. The van der Waals surface area contributed by atoms with Gasteiger partial charge in [-0.2, -0.15) is 5.10 Å². The number of H-pyrrole nitrogens is 1. The first-order valence-corrected chi connectivity index (χ1v) is 7.73. The topological polar surface area (TPSA) is 57.8 Å². The van der Waals surface area contributed by atoms with Crippen LogP contribution in [0.15, 0.2) is 66.9 Å². The number of nitrogens with one attached hydrogen (secondary N) is 2. The molecule has 0 bridgehead atoms. The Morgan fingerprint density at radius 1 is 1.09 bits per heavy atom. The standard InChI is InChI=1S/C19H19N3O/c1-2-17(14-6-4-3-5-7-14)19(23)21-16-10-8-15(9-11-16)18-12-13-20-22-18/h3-13,17H,2H2,1H3,(H,20,22)(H,21,23). The number of rotatable bonds is 5. The molecular formula is C19H19N3O. The molecule has 1 aromatic heterocycles. The molecule has 0 spiro atoms.